The number of hydrogen-bond acceptors (Lipinski definition) is 0. The van der Waals surface area contributed by atoms with E-state index in [0.717, 1.165) is 29.6 Å². The van der Waals surface area contributed by atoms with Crippen LogP contribution in [0.3, 0.4) is 0 Å². The van der Waals surface area contributed by atoms with E-state index in [1.807, 2.05) is 5.57 Å². The predicted molar refractivity (Wildman–Crippen MR) is 141 cm³/mol. The van der Waals surface area contributed by atoms with Crippen LogP contribution in [0.25, 0.3) is 0 Å². The molecule has 0 amide bonds. The summed E-state index contributed by atoms with van der Waals surface area (Å²) in [7, 11) is 0. The van der Waals surface area contributed by atoms with Crippen molar-refractivity contribution in [2.45, 2.75) is 133 Å². The van der Waals surface area contributed by atoms with Crippen LogP contribution in [0, 0.1) is 56.7 Å². The summed E-state index contributed by atoms with van der Waals surface area (Å²) >= 11 is 0. The van der Waals surface area contributed by atoms with Crippen molar-refractivity contribution in [3.63, 3.8) is 0 Å². The first-order valence-electron chi connectivity index (χ1n) is 14.3. The molecule has 0 radical (unpaired) electrons. The van der Waals surface area contributed by atoms with Crippen LogP contribution in [0.2, 0.25) is 0 Å². The van der Waals surface area contributed by atoms with Gasteiger partial charge in [-0.3, -0.25) is 0 Å². The SMILES string of the molecule is C[C@H](CCC(C)(C)C)[C@H]1CC[C@H]2[C@@H]3CC=C4C[C@](C)(C(C)(C)C)CC[C@]4(C)[C@H]3CC[C@]12C. The van der Waals surface area contributed by atoms with Crippen LogP contribution in [-0.4, -0.2) is 0 Å². The third-order valence-corrected chi connectivity index (χ3v) is 12.3. The van der Waals surface area contributed by atoms with E-state index < -0.39 is 0 Å². The predicted octanol–water partition coefficient (Wildman–Crippen LogP) is 10.1. The van der Waals surface area contributed by atoms with Crippen LogP contribution in [0.5, 0.6) is 0 Å². The van der Waals surface area contributed by atoms with Crippen LogP contribution in [0.4, 0.5) is 0 Å². The molecule has 0 saturated heterocycles. The summed E-state index contributed by atoms with van der Waals surface area (Å²) in [5, 5.41) is 0. The smallest absolute Gasteiger partial charge is 0.00849 e. The summed E-state index contributed by atoms with van der Waals surface area (Å²) in [6.45, 7) is 25.3. The Hall–Kier alpha value is -0.260. The molecule has 0 nitrogen and oxygen atoms in total. The zero-order valence-electron chi connectivity index (χ0n) is 23.5. The van der Waals surface area contributed by atoms with Gasteiger partial charge in [0.25, 0.3) is 0 Å². The molecule has 32 heavy (non-hydrogen) atoms. The minimum absolute atomic E-state index is 0.402. The van der Waals surface area contributed by atoms with Crippen molar-refractivity contribution in [3.8, 4) is 0 Å². The van der Waals surface area contributed by atoms with Crippen LogP contribution in [0.1, 0.15) is 133 Å². The maximum atomic E-state index is 2.78. The van der Waals surface area contributed by atoms with E-state index in [4.69, 9.17) is 0 Å². The minimum Gasteiger partial charge on any atom is -0.0845 e. The molecule has 8 atom stereocenters. The first kappa shape index (κ1) is 24.9. The van der Waals surface area contributed by atoms with Crippen molar-refractivity contribution in [1.29, 1.82) is 0 Å². The summed E-state index contributed by atoms with van der Waals surface area (Å²) in [6, 6.07) is 0. The first-order chi connectivity index (χ1) is 14.6. The molecule has 0 N–H and O–H groups in total. The van der Waals surface area contributed by atoms with E-state index in [1.54, 1.807) is 0 Å². The molecule has 0 heterocycles. The largest absolute Gasteiger partial charge is 0.0845 e. The Balaban J connectivity index is 1.53. The fourth-order valence-corrected chi connectivity index (χ4v) is 9.30. The molecule has 0 spiro atoms. The molecule has 0 aromatic heterocycles. The van der Waals surface area contributed by atoms with Gasteiger partial charge < -0.3 is 0 Å². The second kappa shape index (κ2) is 7.88. The number of hydrogen-bond donors (Lipinski definition) is 0. The Bertz CT molecular complexity index is 728. The third kappa shape index (κ3) is 3.96. The van der Waals surface area contributed by atoms with Crippen molar-refractivity contribution in [3.05, 3.63) is 11.6 Å². The Labute approximate surface area is 201 Å². The van der Waals surface area contributed by atoms with Crippen molar-refractivity contribution in [1.82, 2.24) is 0 Å². The maximum absolute atomic E-state index is 2.78. The lowest BCUT2D eigenvalue weighted by Crippen LogP contribution is -2.52. The molecule has 4 aliphatic carbocycles. The summed E-state index contributed by atoms with van der Waals surface area (Å²) in [4.78, 5) is 0. The average Bonchev–Trinajstić information content (AvgIpc) is 3.02. The second-order valence-electron chi connectivity index (χ2n) is 16.1. The molecule has 0 bridgehead atoms. The molecule has 0 aromatic rings. The van der Waals surface area contributed by atoms with E-state index in [2.05, 4.69) is 75.3 Å². The quantitative estimate of drug-likeness (QED) is 0.383. The Morgan fingerprint density at radius 2 is 1.59 bits per heavy atom. The zero-order chi connectivity index (χ0) is 23.7. The molecular formula is C32H56. The normalized spacial score (nSPS) is 45.5. The summed E-state index contributed by atoms with van der Waals surface area (Å²) in [5.41, 5.74) is 4.31. The number of fused-ring (bicyclic) bond motifs is 5. The van der Waals surface area contributed by atoms with Gasteiger partial charge in [0.1, 0.15) is 0 Å². The lowest BCUT2D eigenvalue weighted by atomic mass is 9.44. The van der Waals surface area contributed by atoms with Gasteiger partial charge in [0, 0.05) is 0 Å². The lowest BCUT2D eigenvalue weighted by Gasteiger charge is -2.61. The molecule has 4 rings (SSSR count). The van der Waals surface area contributed by atoms with Crippen LogP contribution in [-0.2, 0) is 0 Å². The lowest BCUT2D eigenvalue weighted by molar-refractivity contribution is -0.0667. The van der Waals surface area contributed by atoms with Crippen LogP contribution < -0.4 is 0 Å². The monoisotopic (exact) mass is 440 g/mol. The highest BCUT2D eigenvalue weighted by Crippen LogP contribution is 2.69. The topological polar surface area (TPSA) is 0 Å². The van der Waals surface area contributed by atoms with Gasteiger partial charge in [-0.25, -0.2) is 0 Å². The fourth-order valence-electron chi connectivity index (χ4n) is 9.30. The Kier molecular flexibility index (Phi) is 6.12. The van der Waals surface area contributed by atoms with Crippen LogP contribution in [0.15, 0.2) is 11.6 Å². The summed E-state index contributed by atoms with van der Waals surface area (Å²) < 4.78 is 0. The highest BCUT2D eigenvalue weighted by molar-refractivity contribution is 5.27. The first-order valence-corrected chi connectivity index (χ1v) is 14.3. The maximum Gasteiger partial charge on any atom is -0.00849 e. The standard InChI is InChI=1S/C32H56/c1-22(15-17-28(2,3)4)25-13-14-26-24-12-11-23-21-30(8,29(5,6)7)19-20-31(23,9)27(24)16-18-32(25,26)10/h11,22,24-27H,12-21H2,1-10H3/t22-,24+,25-,26+,27+,30-,31+,32-/m1/s1. The van der Waals surface area contributed by atoms with Crippen molar-refractivity contribution in [2.75, 3.05) is 0 Å². The highest BCUT2D eigenvalue weighted by Gasteiger charge is 2.60. The van der Waals surface area contributed by atoms with Crippen molar-refractivity contribution < 1.29 is 0 Å². The van der Waals surface area contributed by atoms with Crippen molar-refractivity contribution in [2.24, 2.45) is 56.7 Å². The van der Waals surface area contributed by atoms with E-state index in [9.17, 15) is 0 Å². The van der Waals surface area contributed by atoms with E-state index in [1.165, 1.54) is 64.2 Å². The highest BCUT2D eigenvalue weighted by atomic mass is 14.6. The zero-order valence-corrected chi connectivity index (χ0v) is 23.5. The molecule has 0 heteroatoms. The second-order valence-corrected chi connectivity index (χ2v) is 16.1. The van der Waals surface area contributed by atoms with E-state index in [0.29, 0.717) is 27.1 Å². The molecule has 3 saturated carbocycles. The Morgan fingerprint density at radius 1 is 0.906 bits per heavy atom. The van der Waals surface area contributed by atoms with Gasteiger partial charge in [-0.1, -0.05) is 80.9 Å². The molecule has 0 aromatic carbocycles. The van der Waals surface area contributed by atoms with Gasteiger partial charge in [-0.15, -0.1) is 0 Å². The Morgan fingerprint density at radius 3 is 2.22 bits per heavy atom. The molecule has 0 aliphatic heterocycles. The van der Waals surface area contributed by atoms with E-state index in [-0.39, 0.29) is 0 Å². The summed E-state index contributed by atoms with van der Waals surface area (Å²) in [5.74, 6) is 4.75. The van der Waals surface area contributed by atoms with Gasteiger partial charge in [0.05, 0.1) is 0 Å². The van der Waals surface area contributed by atoms with Gasteiger partial charge in [-0.05, 0) is 121 Å². The van der Waals surface area contributed by atoms with Gasteiger partial charge >= 0.3 is 0 Å². The summed E-state index contributed by atoms with van der Waals surface area (Å²) in [6.07, 6.45) is 17.2. The van der Waals surface area contributed by atoms with Gasteiger partial charge in [0.15, 0.2) is 0 Å². The third-order valence-electron chi connectivity index (χ3n) is 12.3. The number of allylic oxidation sites excluding steroid dienone is 2. The minimum atomic E-state index is 0.402. The molecular weight excluding hydrogens is 384 g/mol. The van der Waals surface area contributed by atoms with E-state index >= 15 is 0 Å². The number of rotatable bonds is 3. The average molecular weight is 441 g/mol. The van der Waals surface area contributed by atoms with Crippen molar-refractivity contribution >= 4 is 0 Å². The fraction of sp³-hybridized carbons (Fsp3) is 0.938. The molecule has 4 aliphatic rings. The molecule has 0 unspecified atom stereocenters. The van der Waals surface area contributed by atoms with Gasteiger partial charge in [-0.2, -0.15) is 0 Å². The van der Waals surface area contributed by atoms with Crippen LogP contribution >= 0.6 is 0 Å². The van der Waals surface area contributed by atoms with Gasteiger partial charge in [0.2, 0.25) is 0 Å². The molecule has 3 fully saturated rings. The molecule has 184 valence electrons.